The summed E-state index contributed by atoms with van der Waals surface area (Å²) in [5.74, 6) is 2.94. The summed E-state index contributed by atoms with van der Waals surface area (Å²) in [6, 6.07) is 56.9. The molecular formula is C91H136N14O6. The van der Waals surface area contributed by atoms with Crippen LogP contribution in [0.4, 0.5) is 5.69 Å². The van der Waals surface area contributed by atoms with Gasteiger partial charge in [-0.1, -0.05) is 181 Å². The van der Waals surface area contributed by atoms with E-state index in [1.165, 1.54) is 33.4 Å². The normalized spacial score (nSPS) is 12.9. The van der Waals surface area contributed by atoms with E-state index in [1.807, 2.05) is 202 Å². The zero-order valence-electron chi connectivity index (χ0n) is 69.9. The molecule has 606 valence electrons. The highest BCUT2D eigenvalue weighted by Gasteiger charge is 2.16. The number of nitrogens with one attached hydrogen (secondary N) is 9. The lowest BCUT2D eigenvalue weighted by Crippen LogP contribution is -2.46. The monoisotopic (exact) mass is 1520 g/mol. The first-order valence-electron chi connectivity index (χ1n) is 40.2. The van der Waals surface area contributed by atoms with Crippen LogP contribution in [0.5, 0.6) is 0 Å². The predicted octanol–water partition coefficient (Wildman–Crippen LogP) is 12.6. The molecule has 0 aliphatic carbocycles. The molecule has 0 aromatic heterocycles. The second-order valence-corrected chi connectivity index (χ2v) is 30.2. The molecule has 20 nitrogen and oxygen atoms in total. The van der Waals surface area contributed by atoms with Crippen LogP contribution in [-0.4, -0.2) is 214 Å². The minimum atomic E-state index is -0.0595. The van der Waals surface area contributed by atoms with Crippen molar-refractivity contribution in [2.45, 2.75) is 126 Å². The molecule has 0 radical (unpaired) electrons. The van der Waals surface area contributed by atoms with Crippen molar-refractivity contribution in [3.05, 3.63) is 243 Å². The molecule has 0 unspecified atom stereocenters. The number of carbonyl (C=O) groups excluding carboxylic acids is 6. The summed E-state index contributed by atoms with van der Waals surface area (Å²) in [5, 5.41) is 27.2. The number of anilines is 1. The van der Waals surface area contributed by atoms with Crippen LogP contribution in [0.25, 0.3) is 0 Å². The van der Waals surface area contributed by atoms with Gasteiger partial charge in [0.15, 0.2) is 0 Å². The van der Waals surface area contributed by atoms with Crippen LogP contribution in [0.2, 0.25) is 0 Å². The molecule has 0 spiro atoms. The second-order valence-electron chi connectivity index (χ2n) is 30.2. The second kappa shape index (κ2) is 53.7. The average molecular weight is 1520 g/mol. The van der Waals surface area contributed by atoms with E-state index in [0.29, 0.717) is 99.0 Å². The van der Waals surface area contributed by atoms with Crippen LogP contribution in [0.3, 0.4) is 0 Å². The molecule has 111 heavy (non-hydrogen) atoms. The minimum absolute atomic E-state index is 0.00166. The Morgan fingerprint density at radius 1 is 0.360 bits per heavy atom. The van der Waals surface area contributed by atoms with Gasteiger partial charge in [-0.3, -0.25) is 38.6 Å². The predicted molar refractivity (Wildman–Crippen MR) is 462 cm³/mol. The van der Waals surface area contributed by atoms with Crippen LogP contribution in [0.1, 0.15) is 221 Å². The molecule has 20 heteroatoms. The molecule has 2 saturated heterocycles. The topological polar surface area (TPSA) is 250 Å². The van der Waals surface area contributed by atoms with E-state index >= 15 is 0 Å². The number of hydrogen-bond acceptors (Lipinski definition) is 14. The van der Waals surface area contributed by atoms with E-state index in [4.69, 9.17) is 5.73 Å². The Labute approximate surface area is 666 Å². The van der Waals surface area contributed by atoms with Gasteiger partial charge in [-0.05, 0) is 182 Å². The third-order valence-electron chi connectivity index (χ3n) is 18.9. The van der Waals surface area contributed by atoms with E-state index < -0.39 is 0 Å². The van der Waals surface area contributed by atoms with Crippen LogP contribution in [0.15, 0.2) is 176 Å². The summed E-state index contributed by atoms with van der Waals surface area (Å²) >= 11 is 0. The van der Waals surface area contributed by atoms with Crippen molar-refractivity contribution >= 4 is 41.1 Å². The lowest BCUT2D eigenvalue weighted by Gasteiger charge is -2.32. The van der Waals surface area contributed by atoms with Crippen molar-refractivity contribution in [1.29, 1.82) is 0 Å². The lowest BCUT2D eigenvalue weighted by atomic mass is 10.0. The van der Waals surface area contributed by atoms with Gasteiger partial charge in [-0.15, -0.1) is 0 Å². The zero-order valence-corrected chi connectivity index (χ0v) is 69.9. The summed E-state index contributed by atoms with van der Waals surface area (Å²) < 4.78 is 0. The highest BCUT2D eigenvalue weighted by atomic mass is 16.2. The number of piperazine rings is 2. The van der Waals surface area contributed by atoms with E-state index in [9.17, 15) is 28.8 Å². The average Bonchev–Trinajstić information content (AvgIpc) is 0.909. The summed E-state index contributed by atoms with van der Waals surface area (Å²) in [6.07, 6.45) is 0. The highest BCUT2D eigenvalue weighted by molar-refractivity contribution is 5.96. The Hall–Kier alpha value is -9.12. The number of nitrogens with zero attached hydrogens (tertiary/aromatic N) is 4. The SMILES string of the molecule is CC(C)c1ccc(C(=O)NCCN(C)C)cc1.CC(C)c1ccc(C(=O)NCCN)cc1.CC(C)c1ccc(C(=O)NCCN2CCN(C)CC2)cc1.CC(C)c1ccc(C(=O)NCCN2CCNCC2)cc1.CC(C)c1ccc(C(=O)NCCNc2ccccc2)cc1.CCNCCNC(=O)c1ccc(C(C)C)cc1. The fourth-order valence-electron chi connectivity index (χ4n) is 11.3. The van der Waals surface area contributed by atoms with Crippen molar-refractivity contribution < 1.29 is 28.8 Å². The Morgan fingerprint density at radius 3 is 0.928 bits per heavy atom. The molecule has 0 bridgehead atoms. The largest absolute Gasteiger partial charge is 0.383 e. The van der Waals surface area contributed by atoms with Crippen LogP contribution < -0.4 is 53.6 Å². The van der Waals surface area contributed by atoms with Gasteiger partial charge in [0.25, 0.3) is 35.4 Å². The number of rotatable bonds is 31. The third kappa shape index (κ3) is 38.6. The van der Waals surface area contributed by atoms with E-state index in [0.717, 1.165) is 113 Å². The highest BCUT2D eigenvalue weighted by Crippen LogP contribution is 2.20. The summed E-state index contributed by atoms with van der Waals surface area (Å²) in [5.41, 5.74) is 18.3. The maximum atomic E-state index is 12.1. The fourth-order valence-corrected chi connectivity index (χ4v) is 11.3. The van der Waals surface area contributed by atoms with E-state index in [1.54, 1.807) is 0 Å². The Balaban J connectivity index is 0.000000282. The number of hydrogen-bond donors (Lipinski definition) is 10. The van der Waals surface area contributed by atoms with Crippen molar-refractivity contribution in [2.24, 2.45) is 5.73 Å². The van der Waals surface area contributed by atoms with Gasteiger partial charge in [0.2, 0.25) is 0 Å². The third-order valence-corrected chi connectivity index (χ3v) is 18.9. The first kappa shape index (κ1) is 94.3. The quantitative estimate of drug-likeness (QED) is 0.0182. The Bertz CT molecular complexity index is 3710. The van der Waals surface area contributed by atoms with Gasteiger partial charge in [-0.2, -0.15) is 0 Å². The van der Waals surface area contributed by atoms with Gasteiger partial charge >= 0.3 is 0 Å². The zero-order chi connectivity index (χ0) is 81.5. The van der Waals surface area contributed by atoms with Gasteiger partial charge in [-0.25, -0.2) is 0 Å². The lowest BCUT2D eigenvalue weighted by molar-refractivity contribution is 0.0934. The fraction of sp³-hybridized carbons (Fsp3) is 0.473. The number of carbonyl (C=O) groups is 6. The minimum Gasteiger partial charge on any atom is -0.383 e. The number of benzene rings is 7. The molecule has 6 amide bonds. The van der Waals surface area contributed by atoms with Gasteiger partial charge in [0.05, 0.1) is 0 Å². The summed E-state index contributed by atoms with van der Waals surface area (Å²) in [7, 11) is 6.13. The number of likely N-dealkylation sites (N-methyl/N-ethyl adjacent to an activating group) is 3. The molecule has 2 fully saturated rings. The molecule has 2 heterocycles. The van der Waals surface area contributed by atoms with Crippen LogP contribution in [-0.2, 0) is 0 Å². The molecule has 0 saturated carbocycles. The number of amides is 6. The first-order valence-corrected chi connectivity index (χ1v) is 40.2. The van der Waals surface area contributed by atoms with Gasteiger partial charge < -0.3 is 63.4 Å². The first-order chi connectivity index (χ1) is 53.2. The maximum Gasteiger partial charge on any atom is 0.251 e. The van der Waals surface area contributed by atoms with Crippen LogP contribution >= 0.6 is 0 Å². The van der Waals surface area contributed by atoms with E-state index in [2.05, 4.69) is 153 Å². The van der Waals surface area contributed by atoms with Crippen molar-refractivity contribution in [3.63, 3.8) is 0 Å². The molecular weight excluding hydrogens is 1390 g/mol. The van der Waals surface area contributed by atoms with Crippen molar-refractivity contribution in [2.75, 3.05) is 164 Å². The molecule has 11 N–H and O–H groups in total. The van der Waals surface area contributed by atoms with Crippen LogP contribution in [0, 0.1) is 0 Å². The molecule has 0 atom stereocenters. The standard InChI is InChI=1S/C18H22N2O.C17H27N3O.C16H25N3O.2C14H22N2O.C12H18N2O/c1-14(2)15-8-10-16(11-9-15)18(21)20-13-12-19-17-6-4-3-5-7-17;1-14(2)15-4-6-16(7-5-15)17(21)18-8-9-20-12-10-19(3)11-13-20;1-13(2)14-3-5-15(6-4-14)16(20)18-9-12-19-10-7-17-8-11-19;1-11(2)12-5-7-13(8-6-12)14(17)15-9-10-16(3)4;1-4-15-9-10-16-14(17)13-7-5-12(6-8-13)11(2)3;1-9(2)10-3-5-11(6-4-10)12(15)14-8-7-13/h3-11,14,19H,12-13H2,1-2H3,(H,20,21);4-7,14H,8-13H2,1-3H3,(H,18,21);3-6,13,17H,7-12H2,1-2H3,(H,18,20);5-8,11H,9-10H2,1-4H3,(H,15,17);5-8,11,15H,4,9-10H2,1-3H3,(H,16,17);3-6,9H,7-8,13H2,1-2H3,(H,14,15). The van der Waals surface area contributed by atoms with Crippen molar-refractivity contribution in [1.82, 2.24) is 62.1 Å². The Kier molecular flexibility index (Phi) is 45.6. The summed E-state index contributed by atoms with van der Waals surface area (Å²) in [4.78, 5) is 80.3. The van der Waals surface area contributed by atoms with Gasteiger partial charge in [0.1, 0.15) is 0 Å². The van der Waals surface area contributed by atoms with Crippen molar-refractivity contribution in [3.8, 4) is 0 Å². The molecule has 2 aliphatic rings. The molecule has 7 aromatic carbocycles. The molecule has 7 aromatic rings. The number of nitrogens with two attached hydrogens (primary N) is 1. The molecule has 9 rings (SSSR count). The smallest absolute Gasteiger partial charge is 0.251 e. The summed E-state index contributed by atoms with van der Waals surface area (Å²) in [6.45, 7) is 46.0. The Morgan fingerprint density at radius 2 is 0.640 bits per heavy atom. The maximum absolute atomic E-state index is 12.1. The number of para-hydroxylation sites is 1. The molecule has 2 aliphatic heterocycles. The van der Waals surface area contributed by atoms with Gasteiger partial charge in [0, 0.05) is 170 Å². The van der Waals surface area contributed by atoms with E-state index in [-0.39, 0.29) is 35.4 Å².